The number of rotatable bonds is 1. The van der Waals surface area contributed by atoms with Crippen molar-refractivity contribution < 1.29 is 0 Å². The number of aromatic nitrogens is 1. The lowest BCUT2D eigenvalue weighted by Gasteiger charge is -2.31. The van der Waals surface area contributed by atoms with E-state index in [9.17, 15) is 0 Å². The lowest BCUT2D eigenvalue weighted by molar-refractivity contribution is 0.309. The molecule has 25 heavy (non-hydrogen) atoms. The van der Waals surface area contributed by atoms with Crippen molar-refractivity contribution in [2.24, 2.45) is 5.92 Å². The maximum atomic E-state index is 3.85. The van der Waals surface area contributed by atoms with E-state index in [0.29, 0.717) is 0 Å². The van der Waals surface area contributed by atoms with Gasteiger partial charge in [0.25, 0.3) is 0 Å². The van der Waals surface area contributed by atoms with Gasteiger partial charge in [-0.3, -0.25) is 0 Å². The summed E-state index contributed by atoms with van der Waals surface area (Å²) in [6.07, 6.45) is 20.2. The Morgan fingerprint density at radius 3 is 2.04 bits per heavy atom. The van der Waals surface area contributed by atoms with Crippen molar-refractivity contribution in [1.82, 2.24) is 4.98 Å². The predicted molar refractivity (Wildman–Crippen MR) is 108 cm³/mol. The Hall–Kier alpha value is -1.24. The molecule has 1 unspecified atom stereocenters. The molecule has 4 rings (SSSR count). The number of aryl methyl sites for hydroxylation is 1. The van der Waals surface area contributed by atoms with Gasteiger partial charge in [0.05, 0.1) is 0 Å². The molecule has 1 N–H and O–H groups in total. The molecular formula is C24H35N. The van der Waals surface area contributed by atoms with Gasteiger partial charge in [-0.15, -0.1) is 0 Å². The molecular weight excluding hydrogens is 302 g/mol. The third-order valence-corrected chi connectivity index (χ3v) is 6.88. The van der Waals surface area contributed by atoms with E-state index in [1.165, 1.54) is 101 Å². The second-order valence-electron chi connectivity index (χ2n) is 8.58. The molecule has 0 radical (unpaired) electrons. The minimum atomic E-state index is 0.791. The van der Waals surface area contributed by atoms with Gasteiger partial charge in [-0.05, 0) is 49.7 Å². The third-order valence-electron chi connectivity index (χ3n) is 6.88. The zero-order valence-corrected chi connectivity index (χ0v) is 15.9. The summed E-state index contributed by atoms with van der Waals surface area (Å²) in [5.41, 5.74) is 4.63. The highest BCUT2D eigenvalue weighted by Crippen LogP contribution is 2.43. The van der Waals surface area contributed by atoms with Crippen LogP contribution in [-0.4, -0.2) is 4.98 Å². The second-order valence-corrected chi connectivity index (χ2v) is 8.58. The lowest BCUT2D eigenvalue weighted by Crippen LogP contribution is -2.19. The minimum absolute atomic E-state index is 0.791. The summed E-state index contributed by atoms with van der Waals surface area (Å²) in [7, 11) is 0. The number of hydrogen-bond donors (Lipinski definition) is 1. The van der Waals surface area contributed by atoms with Crippen molar-refractivity contribution in [1.29, 1.82) is 0 Å². The van der Waals surface area contributed by atoms with Crippen molar-refractivity contribution in [2.45, 2.75) is 95.8 Å². The van der Waals surface area contributed by atoms with E-state index < -0.39 is 0 Å². The smallest absolute Gasteiger partial charge is 0.0459 e. The molecule has 1 heterocycles. The Morgan fingerprint density at radius 1 is 0.680 bits per heavy atom. The van der Waals surface area contributed by atoms with Crippen molar-refractivity contribution in [3.8, 4) is 0 Å². The molecule has 1 saturated carbocycles. The molecule has 1 aromatic carbocycles. The zero-order chi connectivity index (χ0) is 16.9. The topological polar surface area (TPSA) is 15.8 Å². The number of hydrogen-bond acceptors (Lipinski definition) is 0. The van der Waals surface area contributed by atoms with Gasteiger partial charge in [-0.25, -0.2) is 0 Å². The fourth-order valence-corrected chi connectivity index (χ4v) is 5.52. The summed E-state index contributed by atoms with van der Waals surface area (Å²) >= 11 is 0. The minimum Gasteiger partial charge on any atom is -0.358 e. The molecule has 0 aliphatic heterocycles. The van der Waals surface area contributed by atoms with Crippen LogP contribution in [0.2, 0.25) is 0 Å². The lowest BCUT2D eigenvalue weighted by atomic mass is 9.74. The quantitative estimate of drug-likeness (QED) is 0.554. The van der Waals surface area contributed by atoms with E-state index in [-0.39, 0.29) is 0 Å². The first-order chi connectivity index (χ1) is 12.4. The first kappa shape index (κ1) is 17.2. The number of benzene rings is 1. The third kappa shape index (κ3) is 3.96. The number of fused-ring (bicyclic) bond motifs is 3. The summed E-state index contributed by atoms with van der Waals surface area (Å²) in [5, 5.41) is 1.50. The highest BCUT2D eigenvalue weighted by molar-refractivity contribution is 5.85. The van der Waals surface area contributed by atoms with E-state index in [4.69, 9.17) is 0 Å². The molecule has 1 fully saturated rings. The number of nitrogens with one attached hydrogen (secondary N) is 1. The molecule has 136 valence electrons. The highest BCUT2D eigenvalue weighted by atomic mass is 14.7. The van der Waals surface area contributed by atoms with Crippen molar-refractivity contribution in [3.63, 3.8) is 0 Å². The molecule has 1 atom stereocenters. The summed E-state index contributed by atoms with van der Waals surface area (Å²) in [4.78, 5) is 3.85. The van der Waals surface area contributed by atoms with E-state index in [1.54, 1.807) is 11.3 Å². The van der Waals surface area contributed by atoms with Crippen LogP contribution in [0.25, 0.3) is 10.9 Å². The fourth-order valence-electron chi connectivity index (χ4n) is 5.52. The molecule has 0 bridgehead atoms. The van der Waals surface area contributed by atoms with Gasteiger partial charge in [0, 0.05) is 22.5 Å². The van der Waals surface area contributed by atoms with Crippen LogP contribution in [0.4, 0.5) is 0 Å². The van der Waals surface area contributed by atoms with Gasteiger partial charge in [-0.1, -0.05) is 76.0 Å². The van der Waals surface area contributed by atoms with Crippen LogP contribution < -0.4 is 0 Å². The fraction of sp³-hybridized carbons (Fsp3) is 0.667. The Kier molecular flexibility index (Phi) is 5.79. The summed E-state index contributed by atoms with van der Waals surface area (Å²) in [6.45, 7) is 0. The molecule has 0 spiro atoms. The van der Waals surface area contributed by atoms with Crippen LogP contribution in [0.15, 0.2) is 24.3 Å². The van der Waals surface area contributed by atoms with E-state index in [2.05, 4.69) is 29.2 Å². The second kappa shape index (κ2) is 8.43. The maximum absolute atomic E-state index is 3.85. The monoisotopic (exact) mass is 337 g/mol. The molecule has 2 aromatic rings. The van der Waals surface area contributed by atoms with Gasteiger partial charge >= 0.3 is 0 Å². The Bertz CT molecular complexity index is 656. The summed E-state index contributed by atoms with van der Waals surface area (Å²) in [6, 6.07) is 8.98. The zero-order valence-electron chi connectivity index (χ0n) is 15.9. The van der Waals surface area contributed by atoms with Crippen LogP contribution in [0.3, 0.4) is 0 Å². The Balaban J connectivity index is 1.55. The molecule has 0 amide bonds. The van der Waals surface area contributed by atoms with Gasteiger partial charge in [0.2, 0.25) is 0 Å². The molecule has 0 saturated heterocycles. The van der Waals surface area contributed by atoms with Crippen LogP contribution in [-0.2, 0) is 6.42 Å². The van der Waals surface area contributed by atoms with Crippen LogP contribution in [0.5, 0.6) is 0 Å². The first-order valence-corrected chi connectivity index (χ1v) is 11.0. The SMILES string of the molecule is c1ccc2c3c([nH]c2c1)C(C1CCCCCCCCCCC1)CCC3. The standard InChI is InChI=1S/C24H35N/c1-2-4-6-8-13-19(14-9-7-5-3-1)20-16-12-17-22-21-15-10-11-18-23(21)25-24(20)22/h10-11,15,18-20,25H,1-9,12-14,16-17H2. The highest BCUT2D eigenvalue weighted by Gasteiger charge is 2.30. The molecule has 1 aromatic heterocycles. The van der Waals surface area contributed by atoms with Crippen LogP contribution >= 0.6 is 0 Å². The van der Waals surface area contributed by atoms with Gasteiger partial charge in [-0.2, -0.15) is 0 Å². The van der Waals surface area contributed by atoms with Gasteiger partial charge in [0.1, 0.15) is 0 Å². The largest absolute Gasteiger partial charge is 0.358 e. The van der Waals surface area contributed by atoms with Crippen LogP contribution in [0, 0.1) is 5.92 Å². The normalized spacial score (nSPS) is 24.4. The predicted octanol–water partition coefficient (Wildman–Crippen LogP) is 7.51. The average Bonchev–Trinajstić information content (AvgIpc) is 3.01. The number of para-hydroxylation sites is 1. The van der Waals surface area contributed by atoms with Gasteiger partial charge in [0.15, 0.2) is 0 Å². The van der Waals surface area contributed by atoms with Gasteiger partial charge < -0.3 is 4.98 Å². The molecule has 1 nitrogen and oxygen atoms in total. The van der Waals surface area contributed by atoms with E-state index in [1.807, 2.05) is 0 Å². The number of H-pyrrole nitrogens is 1. The maximum Gasteiger partial charge on any atom is 0.0459 e. The van der Waals surface area contributed by atoms with Crippen molar-refractivity contribution in [2.75, 3.05) is 0 Å². The van der Waals surface area contributed by atoms with Crippen molar-refractivity contribution >= 4 is 10.9 Å². The average molecular weight is 338 g/mol. The Morgan fingerprint density at radius 2 is 1.32 bits per heavy atom. The first-order valence-electron chi connectivity index (χ1n) is 11.0. The number of aromatic amines is 1. The van der Waals surface area contributed by atoms with E-state index >= 15 is 0 Å². The molecule has 2 aliphatic carbocycles. The van der Waals surface area contributed by atoms with Crippen molar-refractivity contribution in [3.05, 3.63) is 35.5 Å². The Labute approximate surface area is 153 Å². The molecule has 1 heteroatoms. The summed E-state index contributed by atoms with van der Waals surface area (Å²) in [5.74, 6) is 1.70. The summed E-state index contributed by atoms with van der Waals surface area (Å²) < 4.78 is 0. The van der Waals surface area contributed by atoms with E-state index in [0.717, 1.165) is 11.8 Å². The van der Waals surface area contributed by atoms with Crippen LogP contribution in [0.1, 0.15) is 101 Å². The molecule has 2 aliphatic rings.